The molecule has 0 spiro atoms. The molecule has 0 fully saturated rings. The van der Waals surface area contributed by atoms with E-state index in [1.54, 1.807) is 6.20 Å². The summed E-state index contributed by atoms with van der Waals surface area (Å²) in [6.07, 6.45) is 5.70. The van der Waals surface area contributed by atoms with Crippen LogP contribution in [0.3, 0.4) is 0 Å². The predicted octanol–water partition coefficient (Wildman–Crippen LogP) is 8.03. The van der Waals surface area contributed by atoms with Gasteiger partial charge < -0.3 is 15.0 Å². The summed E-state index contributed by atoms with van der Waals surface area (Å²) in [7, 11) is 0. The van der Waals surface area contributed by atoms with E-state index in [4.69, 9.17) is 0 Å². The quantitative estimate of drug-likeness (QED) is 0.178. The number of hydrogen-bond acceptors (Lipinski definition) is 3. The largest absolute Gasteiger partial charge is 0.357 e. The van der Waals surface area contributed by atoms with Crippen molar-refractivity contribution in [3.63, 3.8) is 0 Å². The first-order valence-electron chi connectivity index (χ1n) is 12.6. The van der Waals surface area contributed by atoms with Crippen LogP contribution in [-0.4, -0.2) is 15.0 Å². The minimum atomic E-state index is 0. The van der Waals surface area contributed by atoms with Crippen molar-refractivity contribution in [3.05, 3.63) is 125 Å². The summed E-state index contributed by atoms with van der Waals surface area (Å²) in [6.45, 7) is 12.8. The van der Waals surface area contributed by atoms with Crippen LogP contribution in [0.5, 0.6) is 0 Å². The van der Waals surface area contributed by atoms with Gasteiger partial charge in [0.15, 0.2) is 0 Å². The molecule has 0 N–H and O–H groups in total. The van der Waals surface area contributed by atoms with E-state index in [0.29, 0.717) is 0 Å². The standard InChI is InChI=1S/C20H17N2.C14H14N.Ir/c1-13-14(8-6-10-21-13)19-11-16-15-7-4-5-9-17(15)20(2,3)18(16)12-22-19;1-10-4-6-13(7-5-10)14-8-11(2)12(3)9-15-14;/h4-7,9-12H,1-3H3;4-6,8-9H,1-3H3;/q2*-1;. The Labute approximate surface area is 239 Å². The van der Waals surface area contributed by atoms with Gasteiger partial charge in [-0.3, -0.25) is 0 Å². The van der Waals surface area contributed by atoms with E-state index in [2.05, 4.69) is 110 Å². The number of fused-ring (bicyclic) bond motifs is 3. The maximum atomic E-state index is 4.69. The van der Waals surface area contributed by atoms with Crippen molar-refractivity contribution >= 4 is 0 Å². The number of hydrogen-bond donors (Lipinski definition) is 0. The molecule has 0 bridgehead atoms. The second kappa shape index (κ2) is 11.1. The fourth-order valence-corrected chi connectivity index (χ4v) is 4.85. The Bertz CT molecular complexity index is 1590. The van der Waals surface area contributed by atoms with E-state index in [1.165, 1.54) is 38.9 Å². The van der Waals surface area contributed by atoms with Gasteiger partial charge in [0.1, 0.15) is 0 Å². The van der Waals surface area contributed by atoms with Gasteiger partial charge in [-0.15, -0.1) is 53.1 Å². The van der Waals surface area contributed by atoms with E-state index in [9.17, 15) is 0 Å². The van der Waals surface area contributed by atoms with Gasteiger partial charge in [0.2, 0.25) is 0 Å². The third-order valence-corrected chi connectivity index (χ3v) is 7.27. The zero-order chi connectivity index (χ0) is 26.2. The average Bonchev–Trinajstić information content (AvgIpc) is 3.13. The van der Waals surface area contributed by atoms with Gasteiger partial charge in [-0.2, -0.15) is 0 Å². The fourth-order valence-electron chi connectivity index (χ4n) is 4.85. The van der Waals surface area contributed by atoms with E-state index in [0.717, 1.165) is 28.2 Å². The Morgan fingerprint density at radius 1 is 0.711 bits per heavy atom. The van der Waals surface area contributed by atoms with Crippen LogP contribution < -0.4 is 0 Å². The van der Waals surface area contributed by atoms with Gasteiger partial charge >= 0.3 is 0 Å². The van der Waals surface area contributed by atoms with Gasteiger partial charge in [0, 0.05) is 37.9 Å². The van der Waals surface area contributed by atoms with Crippen LogP contribution in [0.25, 0.3) is 33.6 Å². The van der Waals surface area contributed by atoms with E-state index < -0.39 is 0 Å². The van der Waals surface area contributed by atoms with E-state index >= 15 is 0 Å². The number of pyridine rings is 3. The molecule has 1 aliphatic carbocycles. The molecule has 5 aromatic rings. The van der Waals surface area contributed by atoms with E-state index in [1.807, 2.05) is 31.5 Å². The Kier molecular flexibility index (Phi) is 8.06. The SMILES string of the molecule is Cc1c[c-]c(-c2cc(C)c(C)cn2)cc1.Cc1ncc[c-]c1-c1cc2c(cn1)C(C)(C)c1ccccc1-2.[Ir]. The molecular weight excluding hydrogens is 643 g/mol. The number of aryl methyl sites for hydroxylation is 4. The molecule has 1 radical (unpaired) electrons. The minimum Gasteiger partial charge on any atom is -0.357 e. The molecule has 2 aromatic carbocycles. The van der Waals surface area contributed by atoms with Crippen LogP contribution in [-0.2, 0) is 25.5 Å². The smallest absolute Gasteiger partial charge is 0.0207 e. The van der Waals surface area contributed by atoms with Gasteiger partial charge in [-0.05, 0) is 58.7 Å². The molecule has 0 unspecified atom stereocenters. The molecule has 3 heterocycles. The first-order valence-corrected chi connectivity index (χ1v) is 12.6. The summed E-state index contributed by atoms with van der Waals surface area (Å²) in [5, 5.41) is 0. The number of benzene rings is 2. The van der Waals surface area contributed by atoms with Crippen molar-refractivity contribution in [1.82, 2.24) is 15.0 Å². The minimum absolute atomic E-state index is 0. The molecule has 4 heteroatoms. The molecule has 0 saturated carbocycles. The Morgan fingerprint density at radius 2 is 1.47 bits per heavy atom. The molecule has 0 aliphatic heterocycles. The monoisotopic (exact) mass is 674 g/mol. The first-order chi connectivity index (χ1) is 17.8. The van der Waals surface area contributed by atoms with Gasteiger partial charge in [0.25, 0.3) is 0 Å². The van der Waals surface area contributed by atoms with Crippen molar-refractivity contribution in [3.8, 4) is 33.6 Å². The maximum Gasteiger partial charge on any atom is 0.0207 e. The maximum absolute atomic E-state index is 4.69. The average molecular weight is 674 g/mol. The molecule has 0 amide bonds. The van der Waals surface area contributed by atoms with Gasteiger partial charge in [-0.25, -0.2) is 0 Å². The van der Waals surface area contributed by atoms with Crippen molar-refractivity contribution in [2.24, 2.45) is 0 Å². The third-order valence-electron chi connectivity index (χ3n) is 7.27. The third kappa shape index (κ3) is 5.25. The van der Waals surface area contributed by atoms with Crippen LogP contribution in [0.4, 0.5) is 0 Å². The molecule has 0 saturated heterocycles. The molecule has 38 heavy (non-hydrogen) atoms. The normalized spacial score (nSPS) is 12.5. The zero-order valence-electron chi connectivity index (χ0n) is 22.7. The number of rotatable bonds is 2. The van der Waals surface area contributed by atoms with Crippen molar-refractivity contribution < 1.29 is 20.1 Å². The Morgan fingerprint density at radius 3 is 2.18 bits per heavy atom. The topological polar surface area (TPSA) is 38.7 Å². The number of nitrogens with zero attached hydrogens (tertiary/aromatic N) is 3. The van der Waals surface area contributed by atoms with Crippen LogP contribution in [0.1, 0.15) is 47.4 Å². The second-order valence-electron chi connectivity index (χ2n) is 10.3. The van der Waals surface area contributed by atoms with Crippen LogP contribution in [0.15, 0.2) is 79.3 Å². The van der Waals surface area contributed by atoms with Gasteiger partial charge in [-0.1, -0.05) is 75.9 Å². The van der Waals surface area contributed by atoms with Gasteiger partial charge in [0.05, 0.1) is 0 Å². The molecule has 3 nitrogen and oxygen atoms in total. The second-order valence-corrected chi connectivity index (χ2v) is 10.3. The molecule has 3 aromatic heterocycles. The summed E-state index contributed by atoms with van der Waals surface area (Å²) in [5.41, 5.74) is 13.9. The summed E-state index contributed by atoms with van der Waals surface area (Å²) in [4.78, 5) is 13.4. The molecule has 193 valence electrons. The van der Waals surface area contributed by atoms with Crippen molar-refractivity contribution in [2.45, 2.75) is 47.0 Å². The van der Waals surface area contributed by atoms with Crippen LogP contribution in [0.2, 0.25) is 0 Å². The summed E-state index contributed by atoms with van der Waals surface area (Å²) in [6, 6.07) is 27.4. The van der Waals surface area contributed by atoms with Crippen LogP contribution >= 0.6 is 0 Å². The summed E-state index contributed by atoms with van der Waals surface area (Å²) < 4.78 is 0. The van der Waals surface area contributed by atoms with Crippen molar-refractivity contribution in [2.75, 3.05) is 0 Å². The molecular formula is C34H31IrN3-2. The zero-order valence-corrected chi connectivity index (χ0v) is 25.1. The predicted molar refractivity (Wildman–Crippen MR) is 151 cm³/mol. The summed E-state index contributed by atoms with van der Waals surface area (Å²) in [5.74, 6) is 0. The first kappa shape index (κ1) is 27.6. The van der Waals surface area contributed by atoms with E-state index in [-0.39, 0.29) is 25.5 Å². The molecule has 0 atom stereocenters. The Hall–Kier alpha value is -3.46. The fraction of sp³-hybridized carbons (Fsp3) is 0.206. The molecule has 6 rings (SSSR count). The van der Waals surface area contributed by atoms with Crippen LogP contribution in [0, 0.1) is 39.8 Å². The number of aromatic nitrogens is 3. The molecule has 1 aliphatic rings. The Balaban J connectivity index is 0.000000185. The summed E-state index contributed by atoms with van der Waals surface area (Å²) >= 11 is 0. The van der Waals surface area contributed by atoms with Crippen molar-refractivity contribution in [1.29, 1.82) is 0 Å².